The Morgan fingerprint density at radius 1 is 1.60 bits per heavy atom. The molecule has 2 aliphatic rings. The molecular formula is C11H19ClN2O. The van der Waals surface area contributed by atoms with Gasteiger partial charge in [-0.1, -0.05) is 12.2 Å². The van der Waals surface area contributed by atoms with Crippen LogP contribution in [-0.2, 0) is 4.79 Å². The van der Waals surface area contributed by atoms with Gasteiger partial charge >= 0.3 is 0 Å². The molecule has 0 aromatic carbocycles. The first-order chi connectivity index (χ1) is 6.68. The van der Waals surface area contributed by atoms with Gasteiger partial charge in [-0.05, 0) is 26.2 Å². The first-order valence-electron chi connectivity index (χ1n) is 5.42. The van der Waals surface area contributed by atoms with E-state index in [0.717, 1.165) is 19.3 Å². The lowest BCUT2D eigenvalue weighted by Gasteiger charge is -2.32. The smallest absolute Gasteiger partial charge is 0.224 e. The molecule has 0 aromatic rings. The van der Waals surface area contributed by atoms with Crippen LogP contribution in [0, 0.1) is 0 Å². The number of carbonyl (C=O) groups is 1. The van der Waals surface area contributed by atoms with Crippen LogP contribution in [0.1, 0.15) is 32.6 Å². The van der Waals surface area contributed by atoms with Crippen LogP contribution in [0.2, 0.25) is 0 Å². The molecule has 0 aliphatic carbocycles. The maximum Gasteiger partial charge on any atom is 0.224 e. The first-order valence-corrected chi connectivity index (χ1v) is 5.42. The molecule has 2 N–H and O–H groups in total. The number of nitrogens with zero attached hydrogens (tertiary/aromatic N) is 1. The molecule has 2 heterocycles. The van der Waals surface area contributed by atoms with Gasteiger partial charge in [0.15, 0.2) is 0 Å². The molecule has 1 amide bonds. The summed E-state index contributed by atoms with van der Waals surface area (Å²) in [4.78, 5) is 13.9. The zero-order chi connectivity index (χ0) is 10.1. The summed E-state index contributed by atoms with van der Waals surface area (Å²) in [5.74, 6) is 0.233. The SMILES string of the molecule is CC(N)CC(=O)N1C2C=CCC1CC2.Cl. The Bertz CT molecular complexity index is 265. The van der Waals surface area contributed by atoms with E-state index < -0.39 is 0 Å². The summed E-state index contributed by atoms with van der Waals surface area (Å²) in [5.41, 5.74) is 5.65. The van der Waals surface area contributed by atoms with Crippen molar-refractivity contribution in [3.05, 3.63) is 12.2 Å². The van der Waals surface area contributed by atoms with Crippen LogP contribution in [0.25, 0.3) is 0 Å². The lowest BCUT2D eigenvalue weighted by molar-refractivity contribution is -0.133. The molecule has 0 saturated carbocycles. The fraction of sp³-hybridized carbons (Fsp3) is 0.727. The summed E-state index contributed by atoms with van der Waals surface area (Å²) in [6, 6.07) is 0.795. The Balaban J connectivity index is 0.00000112. The summed E-state index contributed by atoms with van der Waals surface area (Å²) in [6.45, 7) is 1.89. The molecule has 2 rings (SSSR count). The van der Waals surface area contributed by atoms with Gasteiger partial charge in [-0.2, -0.15) is 0 Å². The van der Waals surface area contributed by atoms with Crippen LogP contribution in [0.3, 0.4) is 0 Å². The Morgan fingerprint density at radius 2 is 2.33 bits per heavy atom. The Kier molecular flexibility index (Phi) is 4.17. The second-order valence-electron chi connectivity index (χ2n) is 4.44. The van der Waals surface area contributed by atoms with Gasteiger partial charge in [-0.15, -0.1) is 12.4 Å². The molecule has 3 nitrogen and oxygen atoms in total. The average Bonchev–Trinajstić information content (AvgIpc) is 2.36. The van der Waals surface area contributed by atoms with E-state index in [2.05, 4.69) is 12.2 Å². The standard InChI is InChI=1S/C11H18N2O.ClH/c1-8(12)7-11(14)13-9-3-2-4-10(13)6-5-9;/h2-3,8-10H,4-7,12H2,1H3;1H. The molecule has 1 fully saturated rings. The summed E-state index contributed by atoms with van der Waals surface area (Å²) in [5, 5.41) is 0. The fourth-order valence-electron chi connectivity index (χ4n) is 2.49. The molecule has 3 atom stereocenters. The highest BCUT2D eigenvalue weighted by molar-refractivity contribution is 5.85. The van der Waals surface area contributed by atoms with Crippen molar-refractivity contribution >= 4 is 18.3 Å². The third-order valence-corrected chi connectivity index (χ3v) is 3.10. The second-order valence-corrected chi connectivity index (χ2v) is 4.44. The maximum absolute atomic E-state index is 11.9. The molecular weight excluding hydrogens is 212 g/mol. The number of halogens is 1. The van der Waals surface area contributed by atoms with Gasteiger partial charge in [0.2, 0.25) is 5.91 Å². The quantitative estimate of drug-likeness (QED) is 0.731. The van der Waals surface area contributed by atoms with Crippen molar-refractivity contribution in [1.82, 2.24) is 4.90 Å². The van der Waals surface area contributed by atoms with Crippen molar-refractivity contribution in [3.63, 3.8) is 0 Å². The van der Waals surface area contributed by atoms with E-state index >= 15 is 0 Å². The van der Waals surface area contributed by atoms with Crippen molar-refractivity contribution in [3.8, 4) is 0 Å². The Hall–Kier alpha value is -0.540. The summed E-state index contributed by atoms with van der Waals surface area (Å²) < 4.78 is 0. The summed E-state index contributed by atoms with van der Waals surface area (Å²) in [7, 11) is 0. The van der Waals surface area contributed by atoms with Gasteiger partial charge < -0.3 is 10.6 Å². The average molecular weight is 231 g/mol. The topological polar surface area (TPSA) is 46.3 Å². The minimum absolute atomic E-state index is 0. The molecule has 2 aliphatic heterocycles. The number of nitrogens with two attached hydrogens (primary N) is 1. The summed E-state index contributed by atoms with van der Waals surface area (Å²) >= 11 is 0. The lowest BCUT2D eigenvalue weighted by atomic mass is 10.1. The first kappa shape index (κ1) is 12.5. The molecule has 0 spiro atoms. The van der Waals surface area contributed by atoms with Crippen LogP contribution in [0.15, 0.2) is 12.2 Å². The van der Waals surface area contributed by atoms with Gasteiger partial charge in [0.25, 0.3) is 0 Å². The van der Waals surface area contributed by atoms with E-state index in [0.29, 0.717) is 18.5 Å². The predicted molar refractivity (Wildman–Crippen MR) is 62.9 cm³/mol. The maximum atomic E-state index is 11.9. The minimum Gasteiger partial charge on any atom is -0.333 e. The van der Waals surface area contributed by atoms with Crippen LogP contribution < -0.4 is 5.73 Å². The third kappa shape index (κ3) is 2.52. The number of hydrogen-bond acceptors (Lipinski definition) is 2. The normalized spacial score (nSPS) is 29.9. The molecule has 2 bridgehead atoms. The van der Waals surface area contributed by atoms with E-state index in [1.807, 2.05) is 11.8 Å². The van der Waals surface area contributed by atoms with Gasteiger partial charge in [0, 0.05) is 18.5 Å². The van der Waals surface area contributed by atoms with Crippen LogP contribution in [-0.4, -0.2) is 28.9 Å². The van der Waals surface area contributed by atoms with E-state index in [1.54, 1.807) is 0 Å². The van der Waals surface area contributed by atoms with Gasteiger partial charge in [-0.25, -0.2) is 0 Å². The number of fused-ring (bicyclic) bond motifs is 2. The highest BCUT2D eigenvalue weighted by Gasteiger charge is 2.36. The Morgan fingerprint density at radius 3 is 2.93 bits per heavy atom. The van der Waals surface area contributed by atoms with Crippen molar-refractivity contribution in [1.29, 1.82) is 0 Å². The fourth-order valence-corrected chi connectivity index (χ4v) is 2.49. The van der Waals surface area contributed by atoms with Crippen molar-refractivity contribution in [2.75, 3.05) is 0 Å². The molecule has 1 saturated heterocycles. The molecule has 15 heavy (non-hydrogen) atoms. The number of hydrogen-bond donors (Lipinski definition) is 1. The van der Waals surface area contributed by atoms with Crippen molar-refractivity contribution in [2.45, 2.75) is 50.7 Å². The number of rotatable bonds is 2. The largest absolute Gasteiger partial charge is 0.333 e. The van der Waals surface area contributed by atoms with Crippen molar-refractivity contribution < 1.29 is 4.79 Å². The Labute approximate surface area is 97.1 Å². The predicted octanol–water partition coefficient (Wildman–Crippen LogP) is 1.46. The highest BCUT2D eigenvalue weighted by atomic mass is 35.5. The van der Waals surface area contributed by atoms with E-state index in [-0.39, 0.29) is 24.4 Å². The second kappa shape index (κ2) is 4.99. The molecule has 0 radical (unpaired) electrons. The number of carbonyl (C=O) groups excluding carboxylic acids is 1. The van der Waals surface area contributed by atoms with Crippen LogP contribution >= 0.6 is 12.4 Å². The zero-order valence-corrected chi connectivity index (χ0v) is 9.87. The minimum atomic E-state index is -0.0205. The monoisotopic (exact) mass is 230 g/mol. The van der Waals surface area contributed by atoms with Crippen molar-refractivity contribution in [2.24, 2.45) is 5.73 Å². The van der Waals surface area contributed by atoms with E-state index in [1.165, 1.54) is 0 Å². The number of amides is 1. The molecule has 3 unspecified atom stereocenters. The van der Waals surface area contributed by atoms with Gasteiger partial charge in [0.1, 0.15) is 0 Å². The van der Waals surface area contributed by atoms with Gasteiger partial charge in [-0.3, -0.25) is 4.79 Å². The molecule has 4 heteroatoms. The molecule has 0 aromatic heterocycles. The van der Waals surface area contributed by atoms with Gasteiger partial charge in [0.05, 0.1) is 6.04 Å². The van der Waals surface area contributed by atoms with Crippen LogP contribution in [0.5, 0.6) is 0 Å². The van der Waals surface area contributed by atoms with Crippen LogP contribution in [0.4, 0.5) is 0 Å². The molecule has 86 valence electrons. The zero-order valence-electron chi connectivity index (χ0n) is 9.06. The lowest BCUT2D eigenvalue weighted by Crippen LogP contribution is -2.43. The van der Waals surface area contributed by atoms with E-state index in [9.17, 15) is 4.79 Å². The highest BCUT2D eigenvalue weighted by Crippen LogP contribution is 2.31. The summed E-state index contributed by atoms with van der Waals surface area (Å²) in [6.07, 6.45) is 8.18. The third-order valence-electron chi connectivity index (χ3n) is 3.10. The van der Waals surface area contributed by atoms with E-state index in [4.69, 9.17) is 5.73 Å².